The number of ether oxygens (including phenoxy) is 1. The van der Waals surface area contributed by atoms with Crippen LogP contribution < -0.4 is 15.4 Å². The van der Waals surface area contributed by atoms with Crippen LogP contribution in [-0.2, 0) is 4.79 Å². The Morgan fingerprint density at radius 2 is 1.75 bits per heavy atom. The lowest BCUT2D eigenvalue weighted by molar-refractivity contribution is -0.114. The Balaban J connectivity index is 1.87. The average molecular weight is 326 g/mol. The van der Waals surface area contributed by atoms with E-state index in [1.165, 1.54) is 6.92 Å². The molecule has 0 heterocycles. The number of rotatable bonds is 7. The first-order valence-corrected chi connectivity index (χ1v) is 7.85. The largest absolute Gasteiger partial charge is 0.491 e. The molecule has 2 rings (SSSR count). The van der Waals surface area contributed by atoms with Gasteiger partial charge in [0.05, 0.1) is 12.6 Å². The zero-order valence-corrected chi connectivity index (χ0v) is 14.1. The van der Waals surface area contributed by atoms with Gasteiger partial charge in [0.2, 0.25) is 5.91 Å². The summed E-state index contributed by atoms with van der Waals surface area (Å²) in [5.74, 6) is 0.592. The van der Waals surface area contributed by atoms with Crippen LogP contribution in [0.1, 0.15) is 31.1 Å². The van der Waals surface area contributed by atoms with Gasteiger partial charge in [0.1, 0.15) is 5.75 Å². The van der Waals surface area contributed by atoms with Crippen molar-refractivity contribution in [3.8, 4) is 5.75 Å². The molecule has 5 heteroatoms. The highest BCUT2D eigenvalue weighted by atomic mass is 16.5. The first-order valence-electron chi connectivity index (χ1n) is 7.85. The van der Waals surface area contributed by atoms with Crippen molar-refractivity contribution in [3.05, 3.63) is 54.1 Å². The van der Waals surface area contributed by atoms with Crippen LogP contribution in [0.3, 0.4) is 0 Å². The van der Waals surface area contributed by atoms with E-state index in [1.807, 2.05) is 32.0 Å². The lowest BCUT2D eigenvalue weighted by Crippen LogP contribution is -2.21. The highest BCUT2D eigenvalue weighted by molar-refractivity contribution is 5.96. The van der Waals surface area contributed by atoms with Crippen LogP contribution in [0.25, 0.3) is 0 Å². The van der Waals surface area contributed by atoms with E-state index in [9.17, 15) is 9.59 Å². The average Bonchev–Trinajstić information content (AvgIpc) is 2.54. The highest BCUT2D eigenvalue weighted by Crippen LogP contribution is 2.17. The molecule has 0 aliphatic heterocycles. The molecule has 0 aliphatic carbocycles. The maximum Gasteiger partial charge on any atom is 0.243 e. The minimum Gasteiger partial charge on any atom is -0.491 e. The SMILES string of the molecule is CC(=O)c1cccc(NCC(=O)Nc2ccc(OC(C)C)cc2)c1. The number of hydrogen-bond acceptors (Lipinski definition) is 4. The molecule has 0 fully saturated rings. The maximum atomic E-state index is 12.0. The Morgan fingerprint density at radius 3 is 2.38 bits per heavy atom. The van der Waals surface area contributed by atoms with E-state index in [2.05, 4.69) is 10.6 Å². The molecule has 0 aromatic heterocycles. The van der Waals surface area contributed by atoms with E-state index >= 15 is 0 Å². The van der Waals surface area contributed by atoms with Crippen LogP contribution in [0.5, 0.6) is 5.75 Å². The van der Waals surface area contributed by atoms with Gasteiger partial charge in [-0.05, 0) is 57.2 Å². The van der Waals surface area contributed by atoms with Crippen LogP contribution >= 0.6 is 0 Å². The van der Waals surface area contributed by atoms with Gasteiger partial charge >= 0.3 is 0 Å². The second kappa shape index (κ2) is 8.15. The van der Waals surface area contributed by atoms with E-state index in [0.717, 1.165) is 11.4 Å². The van der Waals surface area contributed by atoms with Crippen molar-refractivity contribution in [2.24, 2.45) is 0 Å². The fourth-order valence-electron chi connectivity index (χ4n) is 2.12. The summed E-state index contributed by atoms with van der Waals surface area (Å²) in [6.07, 6.45) is 0.111. The number of carbonyl (C=O) groups is 2. The number of ketones is 1. The molecule has 0 bridgehead atoms. The molecule has 0 saturated heterocycles. The number of nitrogens with one attached hydrogen (secondary N) is 2. The highest BCUT2D eigenvalue weighted by Gasteiger charge is 2.05. The van der Waals surface area contributed by atoms with Gasteiger partial charge in [-0.25, -0.2) is 0 Å². The molecule has 1 amide bonds. The predicted molar refractivity (Wildman–Crippen MR) is 95.8 cm³/mol. The first-order chi connectivity index (χ1) is 11.4. The van der Waals surface area contributed by atoms with Gasteiger partial charge in [-0.2, -0.15) is 0 Å². The fourth-order valence-corrected chi connectivity index (χ4v) is 2.12. The Labute approximate surface area is 142 Å². The molecule has 5 nitrogen and oxygen atoms in total. The van der Waals surface area contributed by atoms with Crippen molar-refractivity contribution in [1.29, 1.82) is 0 Å². The molecular weight excluding hydrogens is 304 g/mol. The minimum absolute atomic E-state index is 0.00759. The van der Waals surface area contributed by atoms with Crippen molar-refractivity contribution in [2.75, 3.05) is 17.2 Å². The predicted octanol–water partition coefficient (Wildman–Crippen LogP) is 3.73. The molecule has 0 saturated carbocycles. The van der Waals surface area contributed by atoms with Crippen LogP contribution in [0.15, 0.2) is 48.5 Å². The zero-order chi connectivity index (χ0) is 17.5. The smallest absolute Gasteiger partial charge is 0.243 e. The minimum atomic E-state index is -0.166. The monoisotopic (exact) mass is 326 g/mol. The van der Waals surface area contributed by atoms with Gasteiger partial charge < -0.3 is 15.4 Å². The van der Waals surface area contributed by atoms with E-state index in [0.29, 0.717) is 11.3 Å². The molecule has 0 aliphatic rings. The van der Waals surface area contributed by atoms with Gasteiger partial charge in [-0.1, -0.05) is 12.1 Å². The number of hydrogen-bond donors (Lipinski definition) is 2. The van der Waals surface area contributed by atoms with E-state index in [4.69, 9.17) is 4.74 Å². The lowest BCUT2D eigenvalue weighted by Gasteiger charge is -2.11. The molecule has 2 aromatic carbocycles. The summed E-state index contributed by atoms with van der Waals surface area (Å²) in [6.45, 7) is 5.55. The second-order valence-electron chi connectivity index (χ2n) is 5.73. The summed E-state index contributed by atoms with van der Waals surface area (Å²) >= 11 is 0. The normalized spacial score (nSPS) is 10.3. The number of benzene rings is 2. The van der Waals surface area contributed by atoms with Gasteiger partial charge in [0.25, 0.3) is 0 Å². The van der Waals surface area contributed by atoms with Crippen LogP contribution in [0.2, 0.25) is 0 Å². The van der Waals surface area contributed by atoms with Gasteiger partial charge in [-0.15, -0.1) is 0 Å². The van der Waals surface area contributed by atoms with Gasteiger partial charge in [0.15, 0.2) is 5.78 Å². The van der Waals surface area contributed by atoms with Crippen molar-refractivity contribution < 1.29 is 14.3 Å². The Kier molecular flexibility index (Phi) is 5.95. The Morgan fingerprint density at radius 1 is 1.04 bits per heavy atom. The lowest BCUT2D eigenvalue weighted by atomic mass is 10.1. The second-order valence-corrected chi connectivity index (χ2v) is 5.73. The van der Waals surface area contributed by atoms with E-state index in [-0.39, 0.29) is 24.3 Å². The summed E-state index contributed by atoms with van der Waals surface area (Å²) in [4.78, 5) is 23.3. The molecule has 0 spiro atoms. The molecule has 24 heavy (non-hydrogen) atoms. The zero-order valence-electron chi connectivity index (χ0n) is 14.1. The topological polar surface area (TPSA) is 67.4 Å². The van der Waals surface area contributed by atoms with E-state index < -0.39 is 0 Å². The molecule has 0 radical (unpaired) electrons. The summed E-state index contributed by atoms with van der Waals surface area (Å²) < 4.78 is 5.56. The van der Waals surface area contributed by atoms with E-state index in [1.54, 1.807) is 30.3 Å². The van der Waals surface area contributed by atoms with Crippen molar-refractivity contribution in [1.82, 2.24) is 0 Å². The third-order valence-electron chi connectivity index (χ3n) is 3.23. The standard InChI is InChI=1S/C19H22N2O3/c1-13(2)24-18-9-7-16(8-10-18)21-19(23)12-20-17-6-4-5-15(11-17)14(3)22/h4-11,13,20H,12H2,1-3H3,(H,21,23). The summed E-state index contributed by atoms with van der Waals surface area (Å²) in [5, 5.41) is 5.81. The van der Waals surface area contributed by atoms with Crippen molar-refractivity contribution >= 4 is 23.1 Å². The fraction of sp³-hybridized carbons (Fsp3) is 0.263. The Hall–Kier alpha value is -2.82. The van der Waals surface area contributed by atoms with Gasteiger partial charge in [-0.3, -0.25) is 9.59 Å². The third-order valence-corrected chi connectivity index (χ3v) is 3.23. The van der Waals surface area contributed by atoms with Crippen LogP contribution in [0, 0.1) is 0 Å². The first kappa shape index (κ1) is 17.5. The van der Waals surface area contributed by atoms with Crippen LogP contribution in [-0.4, -0.2) is 24.3 Å². The van der Waals surface area contributed by atoms with Crippen molar-refractivity contribution in [2.45, 2.75) is 26.9 Å². The summed E-state index contributed by atoms with van der Waals surface area (Å²) in [6, 6.07) is 14.3. The number of anilines is 2. The summed E-state index contributed by atoms with van der Waals surface area (Å²) in [5.41, 5.74) is 2.05. The Bertz CT molecular complexity index is 709. The molecule has 126 valence electrons. The third kappa shape index (κ3) is 5.43. The van der Waals surface area contributed by atoms with Crippen LogP contribution in [0.4, 0.5) is 11.4 Å². The van der Waals surface area contributed by atoms with Crippen molar-refractivity contribution in [3.63, 3.8) is 0 Å². The molecular formula is C19H22N2O3. The number of Topliss-reactive ketones (excluding diaryl/α,β-unsaturated/α-hetero) is 1. The molecule has 2 aromatic rings. The molecule has 0 unspecified atom stereocenters. The number of carbonyl (C=O) groups excluding carboxylic acids is 2. The molecule has 2 N–H and O–H groups in total. The molecule has 0 atom stereocenters. The summed E-state index contributed by atoms with van der Waals surface area (Å²) in [7, 11) is 0. The maximum absolute atomic E-state index is 12.0. The quantitative estimate of drug-likeness (QED) is 0.761. The number of amides is 1. The van der Waals surface area contributed by atoms with Gasteiger partial charge in [0, 0.05) is 16.9 Å².